The summed E-state index contributed by atoms with van der Waals surface area (Å²) in [7, 11) is -3.32. The molecule has 0 aromatic heterocycles. The summed E-state index contributed by atoms with van der Waals surface area (Å²) >= 11 is 5.57. The third kappa shape index (κ3) is 5.59. The first-order chi connectivity index (χ1) is 12.6. The Morgan fingerprint density at radius 2 is 1.73 bits per heavy atom. The van der Waals surface area contributed by atoms with Gasteiger partial charge in [-0.3, -0.25) is 4.57 Å². The lowest BCUT2D eigenvalue weighted by molar-refractivity contribution is 0.224. The molecule has 0 unspecified atom stereocenters. The molecule has 7 heteroatoms. The second-order valence-corrected chi connectivity index (χ2v) is 12.2. The predicted octanol–water partition coefficient (Wildman–Crippen LogP) is 7.17. The van der Waals surface area contributed by atoms with Crippen LogP contribution in [0.3, 0.4) is 0 Å². The van der Waals surface area contributed by atoms with E-state index in [0.29, 0.717) is 17.8 Å². The molecule has 0 N–H and O–H groups in total. The van der Waals surface area contributed by atoms with Gasteiger partial charge in [0.05, 0.1) is 27.3 Å². The van der Waals surface area contributed by atoms with Crippen LogP contribution in [0.1, 0.15) is 45.6 Å². The highest BCUT2D eigenvalue weighted by molar-refractivity contribution is 8.28. The normalized spacial score (nSPS) is 21.2. The second-order valence-electron chi connectivity index (χ2n) is 5.64. The number of hydrogen-bond donors (Lipinski definition) is 0. The molecule has 0 aliphatic carbocycles. The number of hydrogen-bond acceptors (Lipinski definition) is 6. The summed E-state index contributed by atoms with van der Waals surface area (Å²) in [5.74, 6) is 2.09. The van der Waals surface area contributed by atoms with Crippen LogP contribution in [0.2, 0.25) is 0 Å². The minimum atomic E-state index is -3.32. The molecule has 0 saturated carbocycles. The van der Waals surface area contributed by atoms with Gasteiger partial charge in [0.25, 0.3) is 0 Å². The maximum absolute atomic E-state index is 13.8. The van der Waals surface area contributed by atoms with Crippen molar-refractivity contribution >= 4 is 42.9 Å². The topological polar surface area (TPSA) is 35.5 Å². The van der Waals surface area contributed by atoms with E-state index in [4.69, 9.17) is 9.05 Å². The highest BCUT2D eigenvalue weighted by Crippen LogP contribution is 2.68. The summed E-state index contributed by atoms with van der Waals surface area (Å²) < 4.78 is 26.9. The van der Waals surface area contributed by atoms with Crippen LogP contribution in [0.4, 0.5) is 0 Å². The van der Waals surface area contributed by atoms with Crippen LogP contribution < -0.4 is 0 Å². The highest BCUT2D eigenvalue weighted by Gasteiger charge is 2.43. The van der Waals surface area contributed by atoms with Gasteiger partial charge in [0.1, 0.15) is 0 Å². The SMILES string of the molecule is CCOP(=O)(OCC)C1=C(SCC)S[C@H](SCC)C[C@H]1c1ccccc1. The van der Waals surface area contributed by atoms with Gasteiger partial charge in [-0.2, -0.15) is 0 Å². The summed E-state index contributed by atoms with van der Waals surface area (Å²) in [4.78, 5) is 0. The third-order valence-corrected chi connectivity index (χ3v) is 10.4. The van der Waals surface area contributed by atoms with E-state index in [9.17, 15) is 4.57 Å². The molecule has 0 spiro atoms. The predicted molar refractivity (Wildman–Crippen MR) is 119 cm³/mol. The molecule has 2 rings (SSSR count). The van der Waals surface area contributed by atoms with Gasteiger partial charge < -0.3 is 9.05 Å². The Bertz CT molecular complexity index is 626. The molecule has 1 aromatic rings. The number of benzene rings is 1. The Hall–Kier alpha value is 0.160. The van der Waals surface area contributed by atoms with Crippen molar-refractivity contribution in [2.45, 2.75) is 44.6 Å². The molecule has 2 atom stereocenters. The van der Waals surface area contributed by atoms with Crippen LogP contribution in [0.5, 0.6) is 0 Å². The lowest BCUT2D eigenvalue weighted by Crippen LogP contribution is -2.18. The molecule has 26 heavy (non-hydrogen) atoms. The fourth-order valence-corrected chi connectivity index (χ4v) is 10.1. The zero-order valence-electron chi connectivity index (χ0n) is 16.0. The Morgan fingerprint density at radius 1 is 1.08 bits per heavy atom. The monoisotopic (exact) mass is 432 g/mol. The zero-order chi connectivity index (χ0) is 19.0. The molecule has 146 valence electrons. The van der Waals surface area contributed by atoms with Crippen molar-refractivity contribution in [3.63, 3.8) is 0 Å². The zero-order valence-corrected chi connectivity index (χ0v) is 19.3. The van der Waals surface area contributed by atoms with Crippen LogP contribution in [0.25, 0.3) is 0 Å². The number of thioether (sulfide) groups is 3. The average molecular weight is 433 g/mol. The van der Waals surface area contributed by atoms with Crippen LogP contribution in [0.15, 0.2) is 39.9 Å². The fraction of sp³-hybridized carbons (Fsp3) is 0.579. The smallest absolute Gasteiger partial charge is 0.306 e. The molecule has 0 saturated heterocycles. The molecule has 0 amide bonds. The summed E-state index contributed by atoms with van der Waals surface area (Å²) in [6.07, 6.45) is 0.945. The molecule has 1 aliphatic rings. The van der Waals surface area contributed by atoms with Gasteiger partial charge in [0.15, 0.2) is 0 Å². The van der Waals surface area contributed by atoms with Crippen LogP contribution in [0, 0.1) is 0 Å². The van der Waals surface area contributed by atoms with Gasteiger partial charge in [0.2, 0.25) is 0 Å². The maximum atomic E-state index is 13.8. The molecule has 1 aliphatic heterocycles. The summed E-state index contributed by atoms with van der Waals surface area (Å²) in [5.41, 5.74) is 1.19. The van der Waals surface area contributed by atoms with Crippen molar-refractivity contribution in [1.29, 1.82) is 0 Å². The van der Waals surface area contributed by atoms with Gasteiger partial charge in [-0.25, -0.2) is 0 Å². The van der Waals surface area contributed by atoms with E-state index < -0.39 is 7.60 Å². The van der Waals surface area contributed by atoms with E-state index in [1.165, 1.54) is 5.56 Å². The van der Waals surface area contributed by atoms with Crippen molar-refractivity contribution in [2.75, 3.05) is 24.7 Å². The Kier molecular flexibility index (Phi) is 9.70. The first kappa shape index (κ1) is 22.4. The Morgan fingerprint density at radius 3 is 2.27 bits per heavy atom. The van der Waals surface area contributed by atoms with E-state index >= 15 is 0 Å². The number of allylic oxidation sites excluding steroid dienone is 1. The van der Waals surface area contributed by atoms with Gasteiger partial charge >= 0.3 is 7.60 Å². The largest absolute Gasteiger partial charge is 0.359 e. The first-order valence-electron chi connectivity index (χ1n) is 9.19. The first-order valence-corrected chi connectivity index (χ1v) is 13.6. The standard InChI is InChI=1S/C19H29O3PS3/c1-5-21-23(20,22-6-2)18-16(15-12-10-9-11-13-15)14-17(24-7-3)26-19(18)25-8-4/h9-13,16-17H,5-8,14H2,1-4H3/t16-,17-/m0/s1. The van der Waals surface area contributed by atoms with Crippen molar-refractivity contribution < 1.29 is 13.6 Å². The molecule has 1 aromatic carbocycles. The van der Waals surface area contributed by atoms with Crippen molar-refractivity contribution in [3.05, 3.63) is 45.4 Å². The molecule has 0 radical (unpaired) electrons. The van der Waals surface area contributed by atoms with Crippen molar-refractivity contribution in [1.82, 2.24) is 0 Å². The molecular formula is C19H29O3PS3. The lowest BCUT2D eigenvalue weighted by atomic mass is 9.96. The summed E-state index contributed by atoms with van der Waals surface area (Å²) in [6, 6.07) is 10.4. The van der Waals surface area contributed by atoms with Gasteiger partial charge in [-0.15, -0.1) is 35.3 Å². The molecule has 0 bridgehead atoms. The summed E-state index contributed by atoms with van der Waals surface area (Å²) in [6.45, 7) is 8.84. The Balaban J connectivity index is 2.58. The molecular weight excluding hydrogens is 403 g/mol. The minimum absolute atomic E-state index is 0.0690. The second kappa shape index (κ2) is 11.2. The Labute approximate surface area is 171 Å². The van der Waals surface area contributed by atoms with E-state index in [1.807, 2.05) is 43.4 Å². The third-order valence-electron chi connectivity index (χ3n) is 3.93. The van der Waals surface area contributed by atoms with E-state index in [0.717, 1.165) is 27.5 Å². The van der Waals surface area contributed by atoms with Gasteiger partial charge in [-0.1, -0.05) is 44.2 Å². The van der Waals surface area contributed by atoms with Gasteiger partial charge in [0, 0.05) is 5.92 Å². The summed E-state index contributed by atoms with van der Waals surface area (Å²) in [5, 5.41) is 0.872. The lowest BCUT2D eigenvalue weighted by Gasteiger charge is -2.35. The van der Waals surface area contributed by atoms with Crippen molar-refractivity contribution in [2.24, 2.45) is 0 Å². The van der Waals surface area contributed by atoms with Crippen LogP contribution in [-0.4, -0.2) is 29.3 Å². The quantitative estimate of drug-likeness (QED) is 0.365. The maximum Gasteiger partial charge on any atom is 0.359 e. The van der Waals surface area contributed by atoms with Crippen LogP contribution >= 0.6 is 42.9 Å². The average Bonchev–Trinajstić information content (AvgIpc) is 2.63. The number of rotatable bonds is 10. The van der Waals surface area contributed by atoms with E-state index in [2.05, 4.69) is 38.1 Å². The molecule has 3 nitrogen and oxygen atoms in total. The molecule has 1 heterocycles. The van der Waals surface area contributed by atoms with Gasteiger partial charge in [-0.05, 0) is 37.3 Å². The van der Waals surface area contributed by atoms with E-state index in [1.54, 1.807) is 11.8 Å². The van der Waals surface area contributed by atoms with Crippen LogP contribution in [-0.2, 0) is 13.6 Å². The van der Waals surface area contributed by atoms with Crippen molar-refractivity contribution in [3.8, 4) is 0 Å². The fourth-order valence-electron chi connectivity index (χ4n) is 3.00. The van der Waals surface area contributed by atoms with E-state index in [-0.39, 0.29) is 5.92 Å². The molecule has 0 fully saturated rings. The minimum Gasteiger partial charge on any atom is -0.306 e. The highest BCUT2D eigenvalue weighted by atomic mass is 32.2.